The van der Waals surface area contributed by atoms with E-state index in [-0.39, 0.29) is 0 Å². The Morgan fingerprint density at radius 3 is 2.89 bits per heavy atom. The van der Waals surface area contributed by atoms with Gasteiger partial charge in [0.15, 0.2) is 0 Å². The first-order valence-electron chi connectivity index (χ1n) is 6.04. The molecule has 1 atom stereocenters. The lowest BCUT2D eigenvalue weighted by Crippen LogP contribution is -2.48. The lowest BCUT2D eigenvalue weighted by molar-refractivity contribution is -0.142. The second kappa shape index (κ2) is 4.87. The van der Waals surface area contributed by atoms with Crippen LogP contribution in [0.25, 0.3) is 0 Å². The summed E-state index contributed by atoms with van der Waals surface area (Å²) in [6.07, 6.45) is 2.83. The molecule has 0 saturated carbocycles. The van der Waals surface area contributed by atoms with E-state index in [1.165, 1.54) is 13.3 Å². The van der Waals surface area contributed by atoms with E-state index < -0.39 is 17.5 Å². The number of aliphatic carboxylic acids is 1. The van der Waals surface area contributed by atoms with Crippen LogP contribution in [0.1, 0.15) is 30.1 Å². The summed E-state index contributed by atoms with van der Waals surface area (Å²) < 4.78 is 4.65. The number of ether oxygens (including phenoxy) is 1. The van der Waals surface area contributed by atoms with Crippen LogP contribution in [0, 0.1) is 0 Å². The highest BCUT2D eigenvalue weighted by Gasteiger charge is 2.44. The van der Waals surface area contributed by atoms with Crippen LogP contribution in [0.5, 0.6) is 0 Å². The van der Waals surface area contributed by atoms with E-state index in [1.54, 1.807) is 24.0 Å². The molecule has 6 heteroatoms. The third-order valence-corrected chi connectivity index (χ3v) is 3.54. The molecule has 1 unspecified atom stereocenters. The maximum absolute atomic E-state index is 11.5. The van der Waals surface area contributed by atoms with Crippen molar-refractivity contribution in [2.24, 2.45) is 0 Å². The summed E-state index contributed by atoms with van der Waals surface area (Å²) in [6, 6.07) is 3.11. The number of carbonyl (C=O) groups is 2. The van der Waals surface area contributed by atoms with Gasteiger partial charge in [0.05, 0.1) is 12.7 Å². The Morgan fingerprint density at radius 1 is 1.53 bits per heavy atom. The van der Waals surface area contributed by atoms with Crippen LogP contribution in [0.2, 0.25) is 0 Å². The van der Waals surface area contributed by atoms with Crippen LogP contribution >= 0.6 is 0 Å². The van der Waals surface area contributed by atoms with Crippen molar-refractivity contribution in [1.29, 1.82) is 0 Å². The molecule has 0 spiro atoms. The highest BCUT2D eigenvalue weighted by atomic mass is 16.5. The van der Waals surface area contributed by atoms with Crippen LogP contribution in [0.15, 0.2) is 18.3 Å². The lowest BCUT2D eigenvalue weighted by Gasteiger charge is -2.32. The average molecular weight is 264 g/mol. The number of rotatable bonds is 3. The van der Waals surface area contributed by atoms with Gasteiger partial charge in [-0.25, -0.2) is 14.6 Å². The predicted molar refractivity (Wildman–Crippen MR) is 68.2 cm³/mol. The lowest BCUT2D eigenvalue weighted by atomic mass is 9.99. The van der Waals surface area contributed by atoms with Gasteiger partial charge in [0, 0.05) is 12.7 Å². The van der Waals surface area contributed by atoms with Crippen LogP contribution in [-0.4, -0.2) is 41.2 Å². The molecule has 2 heterocycles. The van der Waals surface area contributed by atoms with Crippen LogP contribution in [0.4, 0.5) is 5.82 Å². The van der Waals surface area contributed by atoms with E-state index in [2.05, 4.69) is 9.72 Å². The number of nitrogens with zero attached hydrogens (tertiary/aromatic N) is 2. The zero-order chi connectivity index (χ0) is 14.0. The molecule has 1 aliphatic heterocycles. The molecule has 0 amide bonds. The first-order chi connectivity index (χ1) is 8.99. The molecule has 19 heavy (non-hydrogen) atoms. The summed E-state index contributed by atoms with van der Waals surface area (Å²) in [4.78, 5) is 28.8. The molecule has 2 rings (SSSR count). The number of hydrogen-bond donors (Lipinski definition) is 1. The van der Waals surface area contributed by atoms with Crippen molar-refractivity contribution in [1.82, 2.24) is 4.98 Å². The number of aromatic nitrogens is 1. The normalized spacial score (nSPS) is 22.3. The topological polar surface area (TPSA) is 79.7 Å². The van der Waals surface area contributed by atoms with Gasteiger partial charge in [0.25, 0.3) is 0 Å². The van der Waals surface area contributed by atoms with Crippen LogP contribution < -0.4 is 4.90 Å². The van der Waals surface area contributed by atoms with E-state index in [1.807, 2.05) is 0 Å². The largest absolute Gasteiger partial charge is 0.480 e. The molecule has 0 aromatic carbocycles. The van der Waals surface area contributed by atoms with Crippen LogP contribution in [-0.2, 0) is 9.53 Å². The Hall–Kier alpha value is -2.11. The molecule has 1 aromatic rings. The number of carboxylic acid groups (broad SMARTS) is 1. The van der Waals surface area contributed by atoms with E-state index in [0.29, 0.717) is 24.3 Å². The number of esters is 1. The van der Waals surface area contributed by atoms with Crippen molar-refractivity contribution >= 4 is 17.8 Å². The SMILES string of the molecule is COC(=O)c1ccnc(N2CCCC2(C)C(=O)O)c1. The van der Waals surface area contributed by atoms with Crippen LogP contribution in [0.3, 0.4) is 0 Å². The Bertz CT molecular complexity index is 517. The number of carboxylic acids is 1. The van der Waals surface area contributed by atoms with Gasteiger partial charge in [0.1, 0.15) is 11.4 Å². The average Bonchev–Trinajstić information content (AvgIpc) is 2.81. The molecule has 1 saturated heterocycles. The molecule has 102 valence electrons. The Balaban J connectivity index is 2.36. The molecule has 0 aliphatic carbocycles. The van der Waals surface area contributed by atoms with E-state index in [9.17, 15) is 14.7 Å². The highest BCUT2D eigenvalue weighted by Crippen LogP contribution is 2.33. The molecular weight excluding hydrogens is 248 g/mol. The highest BCUT2D eigenvalue weighted by molar-refractivity contribution is 5.90. The summed E-state index contributed by atoms with van der Waals surface area (Å²) in [5.41, 5.74) is -0.603. The fraction of sp³-hybridized carbons (Fsp3) is 0.462. The van der Waals surface area contributed by atoms with Gasteiger partial charge < -0.3 is 14.7 Å². The smallest absolute Gasteiger partial charge is 0.338 e. The zero-order valence-electron chi connectivity index (χ0n) is 10.9. The van der Waals surface area contributed by atoms with Gasteiger partial charge in [0.2, 0.25) is 0 Å². The number of hydrogen-bond acceptors (Lipinski definition) is 5. The van der Waals surface area contributed by atoms with E-state index in [0.717, 1.165) is 6.42 Å². The van der Waals surface area contributed by atoms with Gasteiger partial charge in [-0.3, -0.25) is 0 Å². The van der Waals surface area contributed by atoms with Gasteiger partial charge in [-0.15, -0.1) is 0 Å². The van der Waals surface area contributed by atoms with Gasteiger partial charge >= 0.3 is 11.9 Å². The molecule has 1 aromatic heterocycles. The van der Waals surface area contributed by atoms with Crippen molar-refractivity contribution in [3.05, 3.63) is 23.9 Å². The molecule has 1 N–H and O–H groups in total. The fourth-order valence-corrected chi connectivity index (χ4v) is 2.36. The van der Waals surface area contributed by atoms with E-state index >= 15 is 0 Å². The molecule has 6 nitrogen and oxygen atoms in total. The Morgan fingerprint density at radius 2 is 2.26 bits per heavy atom. The fourth-order valence-electron chi connectivity index (χ4n) is 2.36. The summed E-state index contributed by atoms with van der Waals surface area (Å²) in [6.45, 7) is 2.29. The maximum Gasteiger partial charge on any atom is 0.338 e. The van der Waals surface area contributed by atoms with Crippen molar-refractivity contribution in [2.75, 3.05) is 18.6 Å². The number of methoxy groups -OCH3 is 1. The monoisotopic (exact) mass is 264 g/mol. The molecule has 1 fully saturated rings. The maximum atomic E-state index is 11.5. The van der Waals surface area contributed by atoms with Crippen molar-refractivity contribution in [2.45, 2.75) is 25.3 Å². The number of anilines is 1. The molecular formula is C13H16N2O4. The zero-order valence-corrected chi connectivity index (χ0v) is 10.9. The van der Waals surface area contributed by atoms with E-state index in [4.69, 9.17) is 0 Å². The summed E-state index contributed by atoms with van der Waals surface area (Å²) >= 11 is 0. The van der Waals surface area contributed by atoms with Crippen molar-refractivity contribution < 1.29 is 19.4 Å². The summed E-state index contributed by atoms with van der Waals surface area (Å²) in [7, 11) is 1.31. The Labute approximate surface area is 111 Å². The second-order valence-corrected chi connectivity index (χ2v) is 4.73. The molecule has 0 radical (unpaired) electrons. The third kappa shape index (κ3) is 2.25. The third-order valence-electron chi connectivity index (χ3n) is 3.54. The first kappa shape index (κ1) is 13.3. The summed E-state index contributed by atoms with van der Waals surface area (Å²) in [5, 5.41) is 9.37. The minimum absolute atomic E-state index is 0.368. The second-order valence-electron chi connectivity index (χ2n) is 4.73. The molecule has 1 aliphatic rings. The van der Waals surface area contributed by atoms with Gasteiger partial charge in [-0.1, -0.05) is 0 Å². The molecule has 0 bridgehead atoms. The minimum atomic E-state index is -0.970. The first-order valence-corrected chi connectivity index (χ1v) is 6.04. The number of carbonyl (C=O) groups excluding carboxylic acids is 1. The predicted octanol–water partition coefficient (Wildman–Crippen LogP) is 1.31. The van der Waals surface area contributed by atoms with Gasteiger partial charge in [-0.05, 0) is 31.9 Å². The van der Waals surface area contributed by atoms with Crippen molar-refractivity contribution in [3.8, 4) is 0 Å². The van der Waals surface area contributed by atoms with Gasteiger partial charge in [-0.2, -0.15) is 0 Å². The van der Waals surface area contributed by atoms with Crippen molar-refractivity contribution in [3.63, 3.8) is 0 Å². The standard InChI is InChI=1S/C13H16N2O4/c1-13(12(17)18)5-3-7-15(13)10-8-9(4-6-14-10)11(16)19-2/h4,6,8H,3,5,7H2,1-2H3,(H,17,18). The summed E-state index contributed by atoms with van der Waals surface area (Å²) in [5.74, 6) is -0.847. The Kier molecular flexibility index (Phi) is 3.42. The minimum Gasteiger partial charge on any atom is -0.480 e. The number of pyridine rings is 1. The quantitative estimate of drug-likeness (QED) is 0.829.